The number of amides is 2. The van der Waals surface area contributed by atoms with Crippen molar-refractivity contribution in [1.82, 2.24) is 19.7 Å². The summed E-state index contributed by atoms with van der Waals surface area (Å²) < 4.78 is 26.0. The van der Waals surface area contributed by atoms with Crippen LogP contribution >= 0.6 is 0 Å². The molecule has 2 N–H and O–H groups in total. The van der Waals surface area contributed by atoms with Crippen LogP contribution < -0.4 is 10.2 Å². The molecule has 4 fully saturated rings. The Morgan fingerprint density at radius 2 is 1.46 bits per heavy atom. The number of anilines is 2. The summed E-state index contributed by atoms with van der Waals surface area (Å²) in [7, 11) is 1.75. The van der Waals surface area contributed by atoms with E-state index in [-0.39, 0.29) is 45.7 Å². The average Bonchev–Trinajstić information content (AvgIpc) is 3.48. The Bertz CT molecular complexity index is 2350. The summed E-state index contributed by atoms with van der Waals surface area (Å²) in [6.45, 7) is 25.4. The zero-order chi connectivity index (χ0) is 47.7. The number of aromatic nitrogens is 3. The van der Waals surface area contributed by atoms with Crippen molar-refractivity contribution >= 4 is 35.6 Å². The van der Waals surface area contributed by atoms with E-state index in [4.69, 9.17) is 29.0 Å². The molecular formula is C50H70N6O9. The Labute approximate surface area is 383 Å². The predicted molar refractivity (Wildman–Crippen MR) is 247 cm³/mol. The summed E-state index contributed by atoms with van der Waals surface area (Å²) in [5.74, 6) is -1.17. The fourth-order valence-corrected chi connectivity index (χ4v) is 12.1. The highest BCUT2D eigenvalue weighted by atomic mass is 16.6. The topological polar surface area (TPSA) is 175 Å². The number of ether oxygens (including phenoxy) is 4. The van der Waals surface area contributed by atoms with Crippen molar-refractivity contribution < 1.29 is 43.2 Å². The fraction of sp³-hybridized carbons (Fsp3) is 0.640. The molecule has 0 radical (unpaired) electrons. The zero-order valence-corrected chi connectivity index (χ0v) is 40.8. The lowest BCUT2D eigenvalue weighted by Crippen LogP contribution is -2.64. The van der Waals surface area contributed by atoms with E-state index in [1.807, 2.05) is 71.7 Å². The Kier molecular flexibility index (Phi) is 12.2. The lowest BCUT2D eigenvalue weighted by atomic mass is 9.39. The number of carboxylic acids is 1. The molecule has 2 atom stereocenters. The molecule has 15 nitrogen and oxygen atoms in total. The maximum Gasteiger partial charge on any atom is 0.412 e. The van der Waals surface area contributed by atoms with Crippen molar-refractivity contribution in [3.05, 3.63) is 58.5 Å². The molecule has 3 heterocycles. The third-order valence-electron chi connectivity index (χ3n) is 13.1. The van der Waals surface area contributed by atoms with E-state index in [1.165, 1.54) is 6.07 Å². The van der Waals surface area contributed by atoms with Crippen LogP contribution in [0.1, 0.15) is 152 Å². The second-order valence-electron chi connectivity index (χ2n) is 23.2. The quantitative estimate of drug-likeness (QED) is 0.138. The highest BCUT2D eigenvalue weighted by Crippen LogP contribution is 2.72. The first kappa shape index (κ1) is 47.8. The molecule has 0 saturated heterocycles. The van der Waals surface area contributed by atoms with Crippen LogP contribution in [-0.4, -0.2) is 98.0 Å². The second kappa shape index (κ2) is 16.6. The number of likely N-dealkylation sites (N-methyl/N-ethyl adjacent to an activating group) is 1. The number of hydrogen-bond acceptors (Lipinski definition) is 11. The average molecular weight is 899 g/mol. The van der Waals surface area contributed by atoms with E-state index >= 15 is 0 Å². The standard InChI is InChI=1S/C50H70N6O9/c1-31-35(22-51-56(31)30-49-25-47(11)24-48(12,26-49)28-50(27-47,29-49)62-21-20-54(13)43(61)65-46(8,9)10)33-15-17-38(53-39(33)41(59)63-44(2,3)4)55-19-18-32-36(23-55)34(40(57)58)14-16-37(32)52-42(60)64-45(5,6)7/h14-17,22H,18-21,23-30H2,1-13H3,(H,52,60)(H,57,58). The molecule has 0 spiro atoms. The minimum atomic E-state index is -1.08. The Morgan fingerprint density at radius 3 is 2.08 bits per heavy atom. The number of rotatable bonds is 11. The van der Waals surface area contributed by atoms with Crippen molar-refractivity contribution in [2.75, 3.05) is 37.0 Å². The van der Waals surface area contributed by atoms with Crippen LogP contribution in [0.5, 0.6) is 0 Å². The number of nitrogens with zero attached hydrogens (tertiary/aromatic N) is 5. The summed E-state index contributed by atoms with van der Waals surface area (Å²) in [6.07, 6.45) is 7.39. The summed E-state index contributed by atoms with van der Waals surface area (Å²) in [5.41, 5.74) is 2.05. The van der Waals surface area contributed by atoms with Crippen LogP contribution in [0.4, 0.5) is 21.1 Å². The van der Waals surface area contributed by atoms with Crippen LogP contribution in [0.15, 0.2) is 30.5 Å². The largest absolute Gasteiger partial charge is 0.478 e. The molecule has 15 heteroatoms. The minimum absolute atomic E-state index is 0.0683. The van der Waals surface area contributed by atoms with Crippen molar-refractivity contribution in [1.29, 1.82) is 0 Å². The van der Waals surface area contributed by atoms with Crippen molar-refractivity contribution in [2.24, 2.45) is 16.2 Å². The number of hydrogen-bond donors (Lipinski definition) is 2. The van der Waals surface area contributed by atoms with E-state index in [9.17, 15) is 24.3 Å². The van der Waals surface area contributed by atoms with Crippen molar-refractivity contribution in [3.8, 4) is 11.1 Å². The second-order valence-corrected chi connectivity index (χ2v) is 23.2. The first-order valence-electron chi connectivity index (χ1n) is 23.0. The van der Waals surface area contributed by atoms with E-state index in [0.29, 0.717) is 60.9 Å². The smallest absolute Gasteiger partial charge is 0.412 e. The van der Waals surface area contributed by atoms with Gasteiger partial charge in [0.15, 0.2) is 5.69 Å². The maximum absolute atomic E-state index is 14.1. The lowest BCUT2D eigenvalue weighted by molar-refractivity contribution is -0.248. The van der Waals surface area contributed by atoms with Crippen LogP contribution in [0.2, 0.25) is 0 Å². The number of aromatic carboxylic acids is 1. The van der Waals surface area contributed by atoms with Gasteiger partial charge in [-0.3, -0.25) is 10.00 Å². The number of carbonyl (C=O) groups excluding carboxylic acids is 3. The number of fused-ring (bicyclic) bond motifs is 1. The van der Waals surface area contributed by atoms with Crippen LogP contribution in [-0.2, 0) is 38.5 Å². The van der Waals surface area contributed by atoms with Gasteiger partial charge in [-0.25, -0.2) is 24.2 Å². The third kappa shape index (κ3) is 10.6. The third-order valence-corrected chi connectivity index (χ3v) is 13.1. The fourth-order valence-electron chi connectivity index (χ4n) is 12.1. The van der Waals surface area contributed by atoms with Crippen molar-refractivity contribution in [3.63, 3.8) is 0 Å². The van der Waals surface area contributed by atoms with Gasteiger partial charge in [-0.1, -0.05) is 13.8 Å². The lowest BCUT2D eigenvalue weighted by Gasteiger charge is -2.69. The van der Waals surface area contributed by atoms with Gasteiger partial charge < -0.3 is 33.9 Å². The predicted octanol–water partition coefficient (Wildman–Crippen LogP) is 9.82. The summed E-state index contributed by atoms with van der Waals surface area (Å²) in [5, 5.41) is 18.0. The summed E-state index contributed by atoms with van der Waals surface area (Å²) in [6, 6.07) is 6.83. The monoisotopic (exact) mass is 899 g/mol. The van der Waals surface area contributed by atoms with Gasteiger partial charge in [-0.05, 0) is 166 Å². The zero-order valence-electron chi connectivity index (χ0n) is 40.8. The summed E-state index contributed by atoms with van der Waals surface area (Å²) in [4.78, 5) is 60.6. The van der Waals surface area contributed by atoms with Crippen LogP contribution in [0.3, 0.4) is 0 Å². The van der Waals surface area contributed by atoms with Crippen molar-refractivity contribution in [2.45, 2.75) is 164 Å². The number of esters is 1. The van der Waals surface area contributed by atoms with Gasteiger partial charge >= 0.3 is 24.1 Å². The Hall–Kier alpha value is -5.18. The summed E-state index contributed by atoms with van der Waals surface area (Å²) >= 11 is 0. The van der Waals surface area contributed by atoms with E-state index < -0.39 is 34.8 Å². The van der Waals surface area contributed by atoms with E-state index in [2.05, 4.69) is 23.8 Å². The normalized spacial score (nSPS) is 24.9. The van der Waals surface area contributed by atoms with Crippen LogP contribution in [0, 0.1) is 23.2 Å². The molecule has 2 aromatic heterocycles. The number of carbonyl (C=O) groups is 4. The van der Waals surface area contributed by atoms with Gasteiger partial charge in [0, 0.05) is 55.7 Å². The van der Waals surface area contributed by atoms with Crippen LogP contribution in [0.25, 0.3) is 11.1 Å². The molecule has 4 saturated carbocycles. The van der Waals surface area contributed by atoms with Gasteiger partial charge in [0.05, 0.1) is 24.0 Å². The maximum atomic E-state index is 14.1. The number of nitrogens with one attached hydrogen (secondary N) is 1. The Morgan fingerprint density at radius 1 is 0.815 bits per heavy atom. The molecule has 2 amide bonds. The van der Waals surface area contributed by atoms with E-state index in [1.54, 1.807) is 38.8 Å². The minimum Gasteiger partial charge on any atom is -0.478 e. The van der Waals surface area contributed by atoms with Gasteiger partial charge in [-0.15, -0.1) is 0 Å². The SMILES string of the molecule is Cc1c(-c2ccc(N3CCc4c(NC(=O)OC(C)(C)C)ccc(C(=O)O)c4C3)nc2C(=O)OC(C)(C)C)cnn1CC12CC3(C)CC(C)(C1)CC(OCCN(C)C(=O)OC(C)(C)C)(C3)C2. The molecular weight excluding hydrogens is 829 g/mol. The first-order chi connectivity index (χ1) is 30.0. The highest BCUT2D eigenvalue weighted by molar-refractivity contribution is 5.97. The van der Waals surface area contributed by atoms with Gasteiger partial charge in [0.25, 0.3) is 0 Å². The molecule has 4 bridgehead atoms. The van der Waals surface area contributed by atoms with E-state index in [0.717, 1.165) is 49.8 Å². The molecule has 8 rings (SSSR count). The molecule has 4 aliphatic carbocycles. The van der Waals surface area contributed by atoms with Gasteiger partial charge in [0.1, 0.15) is 22.6 Å². The number of carboxylic acid groups (broad SMARTS) is 1. The first-order valence-corrected chi connectivity index (χ1v) is 23.0. The molecule has 354 valence electrons. The van der Waals surface area contributed by atoms with Gasteiger partial charge in [0.2, 0.25) is 0 Å². The highest BCUT2D eigenvalue weighted by Gasteiger charge is 2.66. The molecule has 65 heavy (non-hydrogen) atoms. The van der Waals surface area contributed by atoms with Gasteiger partial charge in [-0.2, -0.15) is 5.10 Å². The molecule has 2 unspecified atom stereocenters. The number of pyridine rings is 1. The number of benzene rings is 1. The Balaban J connectivity index is 1.16. The molecule has 3 aromatic rings. The molecule has 1 aliphatic heterocycles. The molecule has 5 aliphatic rings. The molecule has 1 aromatic carbocycles.